The Bertz CT molecular complexity index is 974. The first-order valence-electron chi connectivity index (χ1n) is 9.49. The average Bonchev–Trinajstić information content (AvgIpc) is 3.29. The summed E-state index contributed by atoms with van der Waals surface area (Å²) in [6.45, 7) is 5.66. The van der Waals surface area contributed by atoms with Gasteiger partial charge in [0.15, 0.2) is 5.76 Å². The first-order chi connectivity index (χ1) is 13.1. The Kier molecular flexibility index (Phi) is 4.94. The van der Waals surface area contributed by atoms with E-state index in [0.717, 1.165) is 12.1 Å². The highest BCUT2D eigenvalue weighted by atomic mass is 19.1. The number of furan rings is 1. The summed E-state index contributed by atoms with van der Waals surface area (Å²) in [6.07, 6.45) is 2.58. The van der Waals surface area contributed by atoms with Crippen molar-refractivity contribution in [1.29, 1.82) is 0 Å². The van der Waals surface area contributed by atoms with Gasteiger partial charge in [-0.2, -0.15) is 0 Å². The van der Waals surface area contributed by atoms with Crippen molar-refractivity contribution in [3.8, 4) is 0 Å². The van der Waals surface area contributed by atoms with Gasteiger partial charge in [-0.25, -0.2) is 4.39 Å². The second-order valence-electron chi connectivity index (χ2n) is 7.28. The third-order valence-corrected chi connectivity index (χ3v) is 5.41. The fourth-order valence-corrected chi connectivity index (χ4v) is 3.89. The second-order valence-corrected chi connectivity index (χ2v) is 7.28. The maximum absolute atomic E-state index is 13.5. The Labute approximate surface area is 158 Å². The van der Waals surface area contributed by atoms with Gasteiger partial charge in [-0.15, -0.1) is 0 Å². The van der Waals surface area contributed by atoms with Crippen LogP contribution in [-0.4, -0.2) is 19.0 Å². The molecule has 0 atom stereocenters. The number of hydrogen-bond donors (Lipinski definition) is 2. The Morgan fingerprint density at radius 1 is 1.15 bits per heavy atom. The molecular weight excluding hydrogens is 343 g/mol. The summed E-state index contributed by atoms with van der Waals surface area (Å²) in [5.41, 5.74) is 3.59. The summed E-state index contributed by atoms with van der Waals surface area (Å²) in [4.78, 5) is 14.2. The van der Waals surface area contributed by atoms with Gasteiger partial charge in [-0.05, 0) is 30.7 Å². The largest absolute Gasteiger partial charge is 0.451 e. The van der Waals surface area contributed by atoms with Gasteiger partial charge in [0.2, 0.25) is 0 Å². The predicted molar refractivity (Wildman–Crippen MR) is 102 cm³/mol. The van der Waals surface area contributed by atoms with E-state index in [2.05, 4.69) is 17.4 Å². The van der Waals surface area contributed by atoms with Crippen molar-refractivity contribution in [1.82, 2.24) is 5.32 Å². The van der Waals surface area contributed by atoms with Crippen molar-refractivity contribution >= 4 is 16.9 Å². The molecule has 140 valence electrons. The molecule has 2 aromatic carbocycles. The maximum atomic E-state index is 13.5. The van der Waals surface area contributed by atoms with Gasteiger partial charge >= 0.3 is 0 Å². The number of hydrogen-bond acceptors (Lipinski definition) is 2. The molecule has 27 heavy (non-hydrogen) atoms. The van der Waals surface area contributed by atoms with Crippen molar-refractivity contribution in [2.75, 3.05) is 13.1 Å². The molecule has 1 aromatic heterocycles. The number of halogens is 1. The molecule has 0 spiro atoms. The molecule has 4 rings (SSSR count). The lowest BCUT2D eigenvalue weighted by molar-refractivity contribution is -0.901. The average molecular weight is 367 g/mol. The van der Waals surface area contributed by atoms with E-state index in [4.69, 9.17) is 4.42 Å². The lowest BCUT2D eigenvalue weighted by atomic mass is 10.1. The van der Waals surface area contributed by atoms with E-state index in [1.165, 1.54) is 43.6 Å². The van der Waals surface area contributed by atoms with E-state index in [1.807, 2.05) is 12.1 Å². The zero-order chi connectivity index (χ0) is 18.8. The van der Waals surface area contributed by atoms with Gasteiger partial charge < -0.3 is 14.6 Å². The first-order valence-corrected chi connectivity index (χ1v) is 9.49. The topological polar surface area (TPSA) is 46.7 Å². The number of nitrogens with one attached hydrogen (secondary N) is 2. The van der Waals surface area contributed by atoms with Crippen molar-refractivity contribution in [3.63, 3.8) is 0 Å². The van der Waals surface area contributed by atoms with Crippen LogP contribution in [0.15, 0.2) is 46.9 Å². The summed E-state index contributed by atoms with van der Waals surface area (Å²) < 4.78 is 19.1. The molecule has 0 unspecified atom stereocenters. The van der Waals surface area contributed by atoms with Crippen LogP contribution in [0.1, 0.15) is 40.1 Å². The van der Waals surface area contributed by atoms with E-state index >= 15 is 0 Å². The Morgan fingerprint density at radius 2 is 1.89 bits per heavy atom. The SMILES string of the molecule is Cc1c(C(=O)NCc2ccccc2C[NH+]2CCCC2)oc2ccc(F)cc12. The highest BCUT2D eigenvalue weighted by Gasteiger charge is 2.20. The summed E-state index contributed by atoms with van der Waals surface area (Å²) in [5.74, 6) is -0.359. The molecule has 1 amide bonds. The summed E-state index contributed by atoms with van der Waals surface area (Å²) in [6, 6.07) is 12.5. The minimum atomic E-state index is -0.336. The zero-order valence-electron chi connectivity index (χ0n) is 15.5. The number of carbonyl (C=O) groups excluding carboxylic acids is 1. The van der Waals surface area contributed by atoms with Crippen LogP contribution in [0.3, 0.4) is 0 Å². The molecule has 0 radical (unpaired) electrons. The molecule has 1 fully saturated rings. The number of likely N-dealkylation sites (tertiary alicyclic amines) is 1. The smallest absolute Gasteiger partial charge is 0.287 e. The van der Waals surface area contributed by atoms with Crippen LogP contribution >= 0.6 is 0 Å². The second kappa shape index (κ2) is 7.53. The van der Waals surface area contributed by atoms with Crippen LogP contribution in [0, 0.1) is 12.7 Å². The molecule has 4 nitrogen and oxygen atoms in total. The first kappa shape index (κ1) is 17.7. The molecule has 1 aliphatic rings. The zero-order valence-corrected chi connectivity index (χ0v) is 15.5. The molecule has 0 saturated carbocycles. The maximum Gasteiger partial charge on any atom is 0.287 e. The predicted octanol–water partition coefficient (Wildman–Crippen LogP) is 2.99. The van der Waals surface area contributed by atoms with Crippen LogP contribution in [0.25, 0.3) is 11.0 Å². The Morgan fingerprint density at radius 3 is 2.67 bits per heavy atom. The molecule has 0 aliphatic carbocycles. The minimum absolute atomic E-state index is 0.248. The molecular formula is C22H24FN2O2+. The number of amides is 1. The lowest BCUT2D eigenvalue weighted by Crippen LogP contribution is -3.08. The monoisotopic (exact) mass is 367 g/mol. The van der Waals surface area contributed by atoms with Gasteiger partial charge in [0, 0.05) is 35.9 Å². The van der Waals surface area contributed by atoms with Gasteiger partial charge in [0.25, 0.3) is 5.91 Å². The molecule has 5 heteroatoms. The van der Waals surface area contributed by atoms with Crippen molar-refractivity contribution in [2.24, 2.45) is 0 Å². The van der Waals surface area contributed by atoms with Crippen LogP contribution in [0.5, 0.6) is 0 Å². The van der Waals surface area contributed by atoms with E-state index < -0.39 is 0 Å². The molecule has 0 bridgehead atoms. The third kappa shape index (κ3) is 3.74. The number of fused-ring (bicyclic) bond motifs is 1. The summed E-state index contributed by atoms with van der Waals surface area (Å²) in [5, 5.41) is 3.60. The van der Waals surface area contributed by atoms with Crippen molar-refractivity contribution in [3.05, 3.63) is 70.7 Å². The lowest BCUT2D eigenvalue weighted by Gasteiger charge is -2.15. The van der Waals surface area contributed by atoms with Crippen LogP contribution < -0.4 is 10.2 Å². The fourth-order valence-electron chi connectivity index (χ4n) is 3.89. The quantitative estimate of drug-likeness (QED) is 0.728. The fraction of sp³-hybridized carbons (Fsp3) is 0.318. The van der Waals surface area contributed by atoms with E-state index in [0.29, 0.717) is 23.1 Å². The van der Waals surface area contributed by atoms with E-state index in [-0.39, 0.29) is 17.5 Å². The number of quaternary nitrogens is 1. The summed E-state index contributed by atoms with van der Waals surface area (Å²) in [7, 11) is 0. The van der Waals surface area contributed by atoms with Crippen LogP contribution in [-0.2, 0) is 13.1 Å². The Hall–Kier alpha value is -2.66. The highest BCUT2D eigenvalue weighted by Crippen LogP contribution is 2.26. The number of rotatable bonds is 5. The molecule has 2 heterocycles. The van der Waals surface area contributed by atoms with Gasteiger partial charge in [0.1, 0.15) is 17.9 Å². The van der Waals surface area contributed by atoms with E-state index in [9.17, 15) is 9.18 Å². The van der Waals surface area contributed by atoms with Crippen LogP contribution in [0.2, 0.25) is 0 Å². The minimum Gasteiger partial charge on any atom is -0.451 e. The summed E-state index contributed by atoms with van der Waals surface area (Å²) >= 11 is 0. The van der Waals surface area contributed by atoms with Crippen LogP contribution in [0.4, 0.5) is 4.39 Å². The van der Waals surface area contributed by atoms with Crippen molar-refractivity contribution in [2.45, 2.75) is 32.9 Å². The van der Waals surface area contributed by atoms with Crippen molar-refractivity contribution < 1.29 is 18.5 Å². The number of aryl methyl sites for hydroxylation is 1. The van der Waals surface area contributed by atoms with Gasteiger partial charge in [-0.1, -0.05) is 24.3 Å². The normalized spacial score (nSPS) is 14.7. The van der Waals surface area contributed by atoms with Gasteiger partial charge in [0.05, 0.1) is 13.1 Å². The van der Waals surface area contributed by atoms with Gasteiger partial charge in [-0.3, -0.25) is 4.79 Å². The number of benzene rings is 2. The third-order valence-electron chi connectivity index (χ3n) is 5.41. The number of carbonyl (C=O) groups is 1. The molecule has 1 saturated heterocycles. The molecule has 1 aliphatic heterocycles. The highest BCUT2D eigenvalue weighted by molar-refractivity contribution is 5.98. The standard InChI is InChI=1S/C22H23FN2O2/c1-15-19-12-18(23)8-9-20(19)27-21(15)22(26)24-13-16-6-2-3-7-17(16)14-25-10-4-5-11-25/h2-3,6-9,12H,4-5,10-11,13-14H2,1H3,(H,24,26)/p+1. The van der Waals surface area contributed by atoms with E-state index in [1.54, 1.807) is 17.9 Å². The Balaban J connectivity index is 1.49. The molecule has 2 N–H and O–H groups in total. The molecule has 3 aromatic rings.